The van der Waals surface area contributed by atoms with Crippen LogP contribution in [0.4, 0.5) is 0 Å². The Labute approximate surface area is 71.4 Å². The van der Waals surface area contributed by atoms with E-state index in [-0.39, 0.29) is 0 Å². The van der Waals surface area contributed by atoms with Crippen LogP contribution in [-0.2, 0) is 0 Å². The summed E-state index contributed by atoms with van der Waals surface area (Å²) in [6.45, 7) is 4.32. The maximum atomic E-state index is 3.04. The summed E-state index contributed by atoms with van der Waals surface area (Å²) < 4.78 is 0. The van der Waals surface area contributed by atoms with Crippen molar-refractivity contribution in [2.24, 2.45) is 0 Å². The summed E-state index contributed by atoms with van der Waals surface area (Å²) in [4.78, 5) is 0. The Kier molecular flexibility index (Phi) is 9.18. The summed E-state index contributed by atoms with van der Waals surface area (Å²) in [6.07, 6.45) is 9.61. The highest BCUT2D eigenvalue weighted by molar-refractivity contribution is 5.08. The molecule has 0 fully saturated rings. The monoisotopic (exact) mass is 151 g/mol. The van der Waals surface area contributed by atoms with Crippen molar-refractivity contribution in [1.29, 1.82) is 0 Å². The van der Waals surface area contributed by atoms with Crippen LogP contribution < -0.4 is 0 Å². The summed E-state index contributed by atoms with van der Waals surface area (Å²) in [5.41, 5.74) is 0. The van der Waals surface area contributed by atoms with E-state index in [1.807, 2.05) is 0 Å². The molecule has 0 spiro atoms. The summed E-state index contributed by atoms with van der Waals surface area (Å²) >= 11 is 0. The molecule has 0 aromatic carbocycles. The molecular weight excluding hydrogens is 132 g/mol. The van der Waals surface area contributed by atoms with Crippen LogP contribution in [0, 0.1) is 18.3 Å². The van der Waals surface area contributed by atoms with Gasteiger partial charge in [-0.05, 0) is 6.42 Å². The lowest BCUT2D eigenvalue weighted by Gasteiger charge is -1.93. The van der Waals surface area contributed by atoms with Gasteiger partial charge in [-0.15, -0.1) is 5.92 Å². The van der Waals surface area contributed by atoms with Crippen LogP contribution in [-0.4, -0.2) is 0 Å². The molecular formula is C11H19. The van der Waals surface area contributed by atoms with Crippen LogP contribution in [0.3, 0.4) is 0 Å². The molecule has 0 heteroatoms. The molecule has 0 aliphatic rings. The fourth-order valence-corrected chi connectivity index (χ4v) is 0.920. The Bertz CT molecular complexity index is 114. The standard InChI is InChI=1S/C11H19/c1-3-5-7-9-11-10-8-6-4-2/h10H,3-5,7,9,11H2,1-2H3. The lowest BCUT2D eigenvalue weighted by Crippen LogP contribution is -1.76. The molecule has 0 heterocycles. The van der Waals surface area contributed by atoms with E-state index in [1.54, 1.807) is 0 Å². The Morgan fingerprint density at radius 2 is 1.91 bits per heavy atom. The van der Waals surface area contributed by atoms with Gasteiger partial charge in [-0.1, -0.05) is 45.5 Å². The second kappa shape index (κ2) is 9.56. The average Bonchev–Trinajstić information content (AvgIpc) is 2.03. The normalized spacial score (nSPS) is 8.91. The van der Waals surface area contributed by atoms with E-state index in [4.69, 9.17) is 0 Å². The first-order valence-electron chi connectivity index (χ1n) is 4.71. The fourth-order valence-electron chi connectivity index (χ4n) is 0.920. The molecule has 0 aliphatic heterocycles. The first-order chi connectivity index (χ1) is 5.41. The molecule has 1 radical (unpaired) electrons. The SMILES string of the molecule is CCC#C[CH]CCCCCC. The molecule has 0 bridgehead atoms. The van der Waals surface area contributed by atoms with E-state index in [0.717, 1.165) is 6.42 Å². The molecule has 0 unspecified atom stereocenters. The second-order valence-electron chi connectivity index (χ2n) is 2.73. The van der Waals surface area contributed by atoms with Crippen LogP contribution in [0.25, 0.3) is 0 Å². The summed E-state index contributed by atoms with van der Waals surface area (Å²) in [5, 5.41) is 0. The predicted octanol–water partition coefficient (Wildman–Crippen LogP) is 3.57. The van der Waals surface area contributed by atoms with Crippen molar-refractivity contribution in [1.82, 2.24) is 0 Å². The van der Waals surface area contributed by atoms with Gasteiger partial charge in [0.15, 0.2) is 0 Å². The van der Waals surface area contributed by atoms with Crippen LogP contribution in [0.2, 0.25) is 0 Å². The highest BCUT2D eigenvalue weighted by Gasteiger charge is 1.85. The molecule has 0 nitrogen and oxygen atoms in total. The van der Waals surface area contributed by atoms with Crippen molar-refractivity contribution < 1.29 is 0 Å². The Hall–Kier alpha value is -0.440. The third kappa shape index (κ3) is 9.56. The van der Waals surface area contributed by atoms with Crippen molar-refractivity contribution in [3.05, 3.63) is 6.42 Å². The minimum absolute atomic E-state index is 0.978. The molecule has 0 rings (SSSR count). The van der Waals surface area contributed by atoms with E-state index in [2.05, 4.69) is 32.1 Å². The quantitative estimate of drug-likeness (QED) is 0.416. The first-order valence-corrected chi connectivity index (χ1v) is 4.71. The van der Waals surface area contributed by atoms with Crippen molar-refractivity contribution in [3.8, 4) is 11.8 Å². The lowest BCUT2D eigenvalue weighted by molar-refractivity contribution is 0.668. The summed E-state index contributed by atoms with van der Waals surface area (Å²) in [6, 6.07) is 0. The smallest absolute Gasteiger partial charge is 0.0340 e. The van der Waals surface area contributed by atoms with Crippen molar-refractivity contribution >= 4 is 0 Å². The minimum atomic E-state index is 0.978. The molecule has 11 heavy (non-hydrogen) atoms. The molecule has 0 aromatic rings. The average molecular weight is 151 g/mol. The van der Waals surface area contributed by atoms with E-state index in [9.17, 15) is 0 Å². The van der Waals surface area contributed by atoms with E-state index < -0.39 is 0 Å². The zero-order valence-electron chi connectivity index (χ0n) is 7.82. The van der Waals surface area contributed by atoms with Crippen LogP contribution >= 0.6 is 0 Å². The van der Waals surface area contributed by atoms with Crippen molar-refractivity contribution in [2.75, 3.05) is 0 Å². The van der Waals surface area contributed by atoms with Crippen LogP contribution in [0.15, 0.2) is 0 Å². The number of unbranched alkanes of at least 4 members (excludes halogenated alkanes) is 5. The van der Waals surface area contributed by atoms with Gasteiger partial charge in [0.1, 0.15) is 0 Å². The first kappa shape index (κ1) is 10.6. The molecule has 0 atom stereocenters. The highest BCUT2D eigenvalue weighted by atomic mass is 13.9. The number of hydrogen-bond acceptors (Lipinski definition) is 0. The van der Waals surface area contributed by atoms with Gasteiger partial charge in [-0.25, -0.2) is 0 Å². The maximum Gasteiger partial charge on any atom is 0.0340 e. The molecule has 0 aromatic heterocycles. The molecule has 0 saturated carbocycles. The number of rotatable bonds is 5. The largest absolute Gasteiger partial charge is 0.103 e. The van der Waals surface area contributed by atoms with Gasteiger partial charge >= 0.3 is 0 Å². The zero-order chi connectivity index (χ0) is 8.36. The second-order valence-corrected chi connectivity index (χ2v) is 2.73. The summed E-state index contributed by atoms with van der Waals surface area (Å²) in [7, 11) is 0. The molecule has 0 saturated heterocycles. The molecule has 0 N–H and O–H groups in total. The van der Waals surface area contributed by atoms with Crippen molar-refractivity contribution in [3.63, 3.8) is 0 Å². The van der Waals surface area contributed by atoms with Crippen molar-refractivity contribution in [2.45, 2.75) is 52.4 Å². The van der Waals surface area contributed by atoms with E-state index in [0.29, 0.717) is 0 Å². The lowest BCUT2D eigenvalue weighted by atomic mass is 10.1. The fraction of sp³-hybridized carbons (Fsp3) is 0.727. The minimum Gasteiger partial charge on any atom is -0.103 e. The van der Waals surface area contributed by atoms with Gasteiger partial charge in [-0.3, -0.25) is 0 Å². The maximum absolute atomic E-state index is 3.04. The molecule has 0 aliphatic carbocycles. The molecule has 0 amide bonds. The summed E-state index contributed by atoms with van der Waals surface area (Å²) in [5.74, 6) is 6.07. The van der Waals surface area contributed by atoms with Gasteiger partial charge in [0.05, 0.1) is 0 Å². The predicted molar refractivity (Wildman–Crippen MR) is 51.1 cm³/mol. The third-order valence-electron chi connectivity index (χ3n) is 1.58. The molecule has 63 valence electrons. The Morgan fingerprint density at radius 3 is 2.55 bits per heavy atom. The van der Waals surface area contributed by atoms with Crippen LogP contribution in [0.1, 0.15) is 52.4 Å². The topological polar surface area (TPSA) is 0 Å². The Balaban J connectivity index is 2.90. The zero-order valence-corrected chi connectivity index (χ0v) is 7.82. The van der Waals surface area contributed by atoms with Gasteiger partial charge in [-0.2, -0.15) is 0 Å². The van der Waals surface area contributed by atoms with E-state index in [1.165, 1.54) is 32.1 Å². The highest BCUT2D eigenvalue weighted by Crippen LogP contribution is 2.03. The van der Waals surface area contributed by atoms with E-state index >= 15 is 0 Å². The van der Waals surface area contributed by atoms with Gasteiger partial charge < -0.3 is 0 Å². The van der Waals surface area contributed by atoms with Gasteiger partial charge in [0, 0.05) is 12.8 Å². The van der Waals surface area contributed by atoms with Crippen LogP contribution in [0.5, 0.6) is 0 Å². The van der Waals surface area contributed by atoms with Gasteiger partial charge in [0.2, 0.25) is 0 Å². The van der Waals surface area contributed by atoms with Gasteiger partial charge in [0.25, 0.3) is 0 Å². The Morgan fingerprint density at radius 1 is 1.09 bits per heavy atom. The number of hydrogen-bond donors (Lipinski definition) is 0. The third-order valence-corrected chi connectivity index (χ3v) is 1.58.